The Bertz CT molecular complexity index is 991. The van der Waals surface area contributed by atoms with Crippen LogP contribution in [-0.4, -0.2) is 45.1 Å². The molecule has 0 saturated carbocycles. The Morgan fingerprint density at radius 1 is 1.33 bits per heavy atom. The molecule has 30 heavy (non-hydrogen) atoms. The van der Waals surface area contributed by atoms with E-state index < -0.39 is 23.8 Å². The molecular weight excluding hydrogens is 390 g/mol. The van der Waals surface area contributed by atoms with Crippen molar-refractivity contribution in [3.8, 4) is 0 Å². The number of hydrogen-bond donors (Lipinski definition) is 2. The fourth-order valence-electron chi connectivity index (χ4n) is 2.69. The van der Waals surface area contributed by atoms with Crippen LogP contribution in [0.1, 0.15) is 30.3 Å². The number of anilines is 1. The third-order valence-corrected chi connectivity index (χ3v) is 4.37. The molecule has 0 aliphatic heterocycles. The number of nitrogens with zero attached hydrogens (tertiary/aromatic N) is 3. The number of carbonyl (C=O) groups excluding carboxylic acids is 3. The second kappa shape index (κ2) is 10.7. The van der Waals surface area contributed by atoms with Gasteiger partial charge in [0.15, 0.2) is 0 Å². The zero-order valence-corrected chi connectivity index (χ0v) is 17.1. The Labute approximate surface area is 173 Å². The molecule has 2 heterocycles. The number of allylic oxidation sites excluding steroid dienone is 1. The van der Waals surface area contributed by atoms with Gasteiger partial charge < -0.3 is 24.5 Å². The summed E-state index contributed by atoms with van der Waals surface area (Å²) in [4.78, 5) is 52.8. The number of imidazole rings is 1. The van der Waals surface area contributed by atoms with Gasteiger partial charge >= 0.3 is 5.97 Å². The van der Waals surface area contributed by atoms with Crippen LogP contribution < -0.4 is 16.2 Å². The Morgan fingerprint density at radius 2 is 2.10 bits per heavy atom. The summed E-state index contributed by atoms with van der Waals surface area (Å²) in [6.07, 6.45) is 7.81. The van der Waals surface area contributed by atoms with Crippen molar-refractivity contribution in [1.82, 2.24) is 19.4 Å². The molecule has 2 aromatic rings. The van der Waals surface area contributed by atoms with Crippen molar-refractivity contribution < 1.29 is 19.1 Å². The molecule has 10 heteroatoms. The van der Waals surface area contributed by atoms with Gasteiger partial charge in [-0.15, -0.1) is 0 Å². The minimum Gasteiger partial charge on any atom is -0.466 e. The summed E-state index contributed by atoms with van der Waals surface area (Å²) in [6, 6.07) is 2.22. The second-order valence-corrected chi connectivity index (χ2v) is 6.42. The van der Waals surface area contributed by atoms with Gasteiger partial charge in [0, 0.05) is 25.9 Å². The first-order valence-electron chi connectivity index (χ1n) is 9.39. The summed E-state index contributed by atoms with van der Waals surface area (Å²) < 4.78 is 7.51. The maximum atomic E-state index is 12.8. The second-order valence-electron chi connectivity index (χ2n) is 6.42. The molecule has 0 radical (unpaired) electrons. The molecule has 2 amide bonds. The predicted molar refractivity (Wildman–Crippen MR) is 110 cm³/mol. The van der Waals surface area contributed by atoms with E-state index in [1.807, 2.05) is 6.92 Å². The highest BCUT2D eigenvalue weighted by atomic mass is 16.5. The molecule has 0 aliphatic carbocycles. The van der Waals surface area contributed by atoms with Gasteiger partial charge in [0.25, 0.3) is 11.5 Å². The minimum atomic E-state index is -0.940. The van der Waals surface area contributed by atoms with Gasteiger partial charge in [0.05, 0.1) is 19.6 Å². The summed E-state index contributed by atoms with van der Waals surface area (Å²) in [5.74, 6) is -1.53. The molecule has 0 fully saturated rings. The number of rotatable bonds is 9. The van der Waals surface area contributed by atoms with E-state index in [4.69, 9.17) is 0 Å². The van der Waals surface area contributed by atoms with Crippen LogP contribution in [-0.2, 0) is 27.9 Å². The predicted octanol–water partition coefficient (Wildman–Crippen LogP) is 0.848. The Hall–Kier alpha value is -3.69. The molecule has 2 N–H and O–H groups in total. The van der Waals surface area contributed by atoms with E-state index in [1.54, 1.807) is 25.4 Å². The highest BCUT2D eigenvalue weighted by Crippen LogP contribution is 2.07. The fraction of sp³-hybridized carbons (Fsp3) is 0.350. The van der Waals surface area contributed by atoms with Crippen molar-refractivity contribution in [2.24, 2.45) is 7.05 Å². The minimum absolute atomic E-state index is 0.120. The summed E-state index contributed by atoms with van der Waals surface area (Å²) in [5, 5.41) is 5.25. The van der Waals surface area contributed by atoms with E-state index in [-0.39, 0.29) is 23.4 Å². The lowest BCUT2D eigenvalue weighted by Crippen LogP contribution is -2.45. The maximum absolute atomic E-state index is 12.8. The lowest BCUT2D eigenvalue weighted by atomic mass is 10.1. The van der Waals surface area contributed by atoms with Gasteiger partial charge in [-0.3, -0.25) is 14.4 Å². The first-order chi connectivity index (χ1) is 14.4. The standard InChI is InChI=1S/C20H25N5O5/c1-4-25-11-7-9-15(20(25)29)23-18(27)14(8-5-6-10-17(26)30-3)22-19(28)16-12-21-13-24(16)2/h6-7,9-14H,4-5,8H2,1-3H3,(H,22,28)(H,23,27)/b10-6+. The highest BCUT2D eigenvalue weighted by molar-refractivity contribution is 6.00. The average molecular weight is 415 g/mol. The molecule has 0 bridgehead atoms. The molecule has 0 aliphatic rings. The first kappa shape index (κ1) is 22.6. The van der Waals surface area contributed by atoms with Gasteiger partial charge in [-0.2, -0.15) is 0 Å². The monoisotopic (exact) mass is 415 g/mol. The van der Waals surface area contributed by atoms with Crippen LogP contribution in [0.25, 0.3) is 0 Å². The molecule has 160 valence electrons. The van der Waals surface area contributed by atoms with E-state index in [9.17, 15) is 19.2 Å². The number of hydrogen-bond acceptors (Lipinski definition) is 6. The maximum Gasteiger partial charge on any atom is 0.330 e. The summed E-state index contributed by atoms with van der Waals surface area (Å²) in [6.45, 7) is 2.28. The zero-order valence-electron chi connectivity index (χ0n) is 17.1. The van der Waals surface area contributed by atoms with Gasteiger partial charge in [0.1, 0.15) is 17.4 Å². The molecule has 1 unspecified atom stereocenters. The number of aryl methyl sites for hydroxylation is 2. The molecule has 0 aromatic carbocycles. The van der Waals surface area contributed by atoms with Gasteiger partial charge in [0.2, 0.25) is 5.91 Å². The van der Waals surface area contributed by atoms with Crippen LogP contribution in [0.4, 0.5) is 5.69 Å². The molecule has 2 aromatic heterocycles. The summed E-state index contributed by atoms with van der Waals surface area (Å²) in [7, 11) is 2.92. The quantitative estimate of drug-likeness (QED) is 0.462. The highest BCUT2D eigenvalue weighted by Gasteiger charge is 2.23. The number of nitrogens with one attached hydrogen (secondary N) is 2. The molecule has 1 atom stereocenters. The van der Waals surface area contributed by atoms with E-state index >= 15 is 0 Å². The SMILES string of the molecule is CCn1cccc(NC(=O)C(CC/C=C/C(=O)OC)NC(=O)c2cncn2C)c1=O. The zero-order chi connectivity index (χ0) is 22.1. The van der Waals surface area contributed by atoms with E-state index in [2.05, 4.69) is 20.4 Å². The number of ether oxygens (including phenoxy) is 1. The van der Waals surface area contributed by atoms with Crippen LogP contribution in [0.2, 0.25) is 0 Å². The Morgan fingerprint density at radius 3 is 2.73 bits per heavy atom. The first-order valence-corrected chi connectivity index (χ1v) is 9.39. The largest absolute Gasteiger partial charge is 0.466 e. The van der Waals surface area contributed by atoms with Gasteiger partial charge in [-0.05, 0) is 31.9 Å². The third-order valence-electron chi connectivity index (χ3n) is 4.37. The van der Waals surface area contributed by atoms with Crippen LogP contribution in [0.5, 0.6) is 0 Å². The number of esters is 1. The molecule has 10 nitrogen and oxygen atoms in total. The molecular formula is C20H25N5O5. The van der Waals surface area contributed by atoms with E-state index in [0.29, 0.717) is 13.0 Å². The molecule has 0 saturated heterocycles. The van der Waals surface area contributed by atoms with E-state index in [0.717, 1.165) is 0 Å². The van der Waals surface area contributed by atoms with Crippen molar-refractivity contribution >= 4 is 23.5 Å². The van der Waals surface area contributed by atoms with Gasteiger partial charge in [-0.1, -0.05) is 6.08 Å². The van der Waals surface area contributed by atoms with Crippen LogP contribution in [0, 0.1) is 0 Å². The number of pyridine rings is 1. The van der Waals surface area contributed by atoms with Crippen LogP contribution >= 0.6 is 0 Å². The van der Waals surface area contributed by atoms with Crippen LogP contribution in [0.15, 0.2) is 47.8 Å². The van der Waals surface area contributed by atoms with Crippen molar-refractivity contribution in [3.05, 3.63) is 59.1 Å². The average Bonchev–Trinajstić information content (AvgIpc) is 3.17. The van der Waals surface area contributed by atoms with Crippen molar-refractivity contribution in [2.75, 3.05) is 12.4 Å². The van der Waals surface area contributed by atoms with Crippen molar-refractivity contribution in [3.63, 3.8) is 0 Å². The topological polar surface area (TPSA) is 124 Å². The Balaban J connectivity index is 2.16. The lowest BCUT2D eigenvalue weighted by Gasteiger charge is -2.18. The number of amides is 2. The normalized spacial score (nSPS) is 11.8. The number of methoxy groups -OCH3 is 1. The molecule has 0 spiro atoms. The third kappa shape index (κ3) is 5.90. The van der Waals surface area contributed by atoms with E-state index in [1.165, 1.54) is 40.9 Å². The van der Waals surface area contributed by atoms with Crippen molar-refractivity contribution in [1.29, 1.82) is 0 Å². The summed E-state index contributed by atoms with van der Waals surface area (Å²) in [5.41, 5.74) is 0.0656. The smallest absolute Gasteiger partial charge is 0.330 e. The lowest BCUT2D eigenvalue weighted by molar-refractivity contribution is -0.134. The number of carbonyl (C=O) groups is 3. The fourth-order valence-corrected chi connectivity index (χ4v) is 2.69. The van der Waals surface area contributed by atoms with Gasteiger partial charge in [-0.25, -0.2) is 9.78 Å². The summed E-state index contributed by atoms with van der Waals surface area (Å²) >= 11 is 0. The number of aromatic nitrogens is 3. The van der Waals surface area contributed by atoms with Crippen molar-refractivity contribution in [2.45, 2.75) is 32.4 Å². The Kier molecular flexibility index (Phi) is 8.09. The molecule has 2 rings (SSSR count). The van der Waals surface area contributed by atoms with Crippen LogP contribution in [0.3, 0.4) is 0 Å².